The molecular weight excluding hydrogens is 1020 g/mol. The summed E-state index contributed by atoms with van der Waals surface area (Å²) in [5.41, 5.74) is -2.85. The van der Waals surface area contributed by atoms with Crippen molar-refractivity contribution in [2.75, 3.05) is 26.4 Å². The number of hydrogen-bond acceptors (Lipinski definition) is 23. The van der Waals surface area contributed by atoms with Gasteiger partial charge < -0.3 is 109 Å². The van der Waals surface area contributed by atoms with Crippen LogP contribution in [0.5, 0.6) is 0 Å². The van der Waals surface area contributed by atoms with Crippen molar-refractivity contribution in [2.45, 2.75) is 229 Å². The van der Waals surface area contributed by atoms with Crippen LogP contribution in [0.25, 0.3) is 0 Å². The summed E-state index contributed by atoms with van der Waals surface area (Å²) in [6.45, 7) is 10.2. The highest BCUT2D eigenvalue weighted by atomic mass is 16.8. The van der Waals surface area contributed by atoms with Crippen LogP contribution in [-0.4, -0.2) is 233 Å². The van der Waals surface area contributed by atoms with Crippen LogP contribution in [0, 0.1) is 50.2 Å². The molecule has 5 aliphatic carbocycles. The summed E-state index contributed by atoms with van der Waals surface area (Å²) in [6, 6.07) is 0. The Labute approximate surface area is 446 Å². The van der Waals surface area contributed by atoms with Gasteiger partial charge in [-0.2, -0.15) is 0 Å². The summed E-state index contributed by atoms with van der Waals surface area (Å²) in [5.74, 6) is -2.34. The van der Waals surface area contributed by atoms with Gasteiger partial charge in [-0.3, -0.25) is 9.59 Å². The zero-order valence-electron chi connectivity index (χ0n) is 44.6. The van der Waals surface area contributed by atoms with Crippen molar-refractivity contribution in [2.24, 2.45) is 50.2 Å². The predicted molar refractivity (Wildman–Crippen MR) is 259 cm³/mol. The number of aliphatic hydroxyl groups excluding tert-OH is 13. The molecule has 9 aliphatic rings. The Bertz CT molecular complexity index is 2170. The van der Waals surface area contributed by atoms with E-state index in [4.69, 9.17) is 37.9 Å². The third-order valence-corrected chi connectivity index (χ3v) is 21.1. The molecule has 77 heavy (non-hydrogen) atoms. The van der Waals surface area contributed by atoms with Crippen LogP contribution in [0.1, 0.15) is 106 Å². The van der Waals surface area contributed by atoms with E-state index < -0.39 is 176 Å². The van der Waals surface area contributed by atoms with Gasteiger partial charge >= 0.3 is 11.9 Å². The number of carbonyl (C=O) groups is 2. The van der Waals surface area contributed by atoms with Gasteiger partial charge in [-0.15, -0.1) is 0 Å². The molecule has 9 rings (SSSR count). The molecule has 0 aromatic rings. The van der Waals surface area contributed by atoms with Crippen molar-refractivity contribution in [3.05, 3.63) is 11.6 Å². The van der Waals surface area contributed by atoms with Gasteiger partial charge in [-0.25, -0.2) is 0 Å². The lowest BCUT2D eigenvalue weighted by molar-refractivity contribution is -0.365. The molecule has 4 aliphatic heterocycles. The van der Waals surface area contributed by atoms with Crippen molar-refractivity contribution in [3.8, 4) is 0 Å². The van der Waals surface area contributed by atoms with E-state index >= 15 is 4.79 Å². The first kappa shape index (κ1) is 59.5. The van der Waals surface area contributed by atoms with Crippen LogP contribution in [0.4, 0.5) is 0 Å². The molecule has 4 heterocycles. The largest absolute Gasteiger partial charge is 0.481 e. The van der Waals surface area contributed by atoms with Crippen molar-refractivity contribution < 1.29 is 119 Å². The molecule has 8 fully saturated rings. The maximum Gasteiger partial charge on any atom is 0.315 e. The second kappa shape index (κ2) is 21.6. The SMILES string of the molecule is CC1(C)CC[C@]2(C(=O)O[C@@H]3O[C@H](CO[C@@H]4O[C@H](CO)[C@@H](O)[C@H](O[C@@H]5O[C@H](CO)[C@@H](O)[C@H](O)[C@H]5O)[C@H]4O)[C@@H](O)[C@H](O)[C@H]3O)CC[C@]3(C)C(=CC[C@@H]4[C@@]5(C)CC[C@H](O[C@@H]6OC[C@H](O)[C@H](O)[C@H]6O)[C@@](C)(C(=O)O)[C@@H]5CC[C@]43C)[C@@H]2C1. The van der Waals surface area contributed by atoms with Gasteiger partial charge in [0.25, 0.3) is 0 Å². The molecule has 0 aromatic heterocycles. The lowest BCUT2D eigenvalue weighted by Gasteiger charge is -2.71. The van der Waals surface area contributed by atoms with Gasteiger partial charge in [0.05, 0.1) is 43.4 Å². The van der Waals surface area contributed by atoms with Gasteiger partial charge in [-0.1, -0.05) is 46.3 Å². The maximum atomic E-state index is 15.1. The zero-order valence-corrected chi connectivity index (χ0v) is 44.6. The average molecular weight is 1110 g/mol. The second-order valence-corrected chi connectivity index (χ2v) is 25.6. The maximum absolute atomic E-state index is 15.1. The van der Waals surface area contributed by atoms with E-state index in [0.717, 1.165) is 5.57 Å². The van der Waals surface area contributed by atoms with E-state index in [-0.39, 0.29) is 35.2 Å². The molecule has 28 atom stereocenters. The van der Waals surface area contributed by atoms with E-state index in [1.165, 1.54) is 0 Å². The summed E-state index contributed by atoms with van der Waals surface area (Å²) < 4.78 is 46.5. The average Bonchev–Trinajstić information content (AvgIpc) is 3.52. The Balaban J connectivity index is 0.918. The molecule has 4 saturated heterocycles. The number of allylic oxidation sites excluding steroid dienone is 2. The van der Waals surface area contributed by atoms with Crippen LogP contribution >= 0.6 is 0 Å². The highest BCUT2D eigenvalue weighted by Gasteiger charge is 2.72. The number of ether oxygens (including phenoxy) is 8. The standard InChI is InChI=1S/C53H84O24/c1-48(2)13-15-53(47(69)77-45-39(65)36(62)33(59)27(74-45)21-71-43-40(66)41(34(60)26(19-55)72-43)76-44-38(64)35(61)32(58)25(18-54)73-44)16-14-50(4)22(23(53)17-48)7-8-28-49(3)11-10-30(75-42-37(63)31(57)24(56)20-70-42)52(6,46(67)68)29(49)9-12-51(28,50)5/h7,23-45,54-66H,8-21H2,1-6H3,(H,67,68)/t23-,24-,25+,26+,27+,28+,29+,30-,31-,32+,33+,34+,35-,36-,37+,38+,39+,40+,41-,42-,43+,44-,45-,49+,50+,51+,52-,53-/m0/s1. The van der Waals surface area contributed by atoms with E-state index in [9.17, 15) is 76.3 Å². The fraction of sp³-hybridized carbons (Fsp3) is 0.925. The number of aliphatic hydroxyl groups is 13. The molecule has 24 nitrogen and oxygen atoms in total. The van der Waals surface area contributed by atoms with Crippen LogP contribution in [0.2, 0.25) is 0 Å². The van der Waals surface area contributed by atoms with Crippen LogP contribution in [0.3, 0.4) is 0 Å². The van der Waals surface area contributed by atoms with Crippen molar-refractivity contribution >= 4 is 11.9 Å². The molecule has 440 valence electrons. The van der Waals surface area contributed by atoms with Crippen LogP contribution < -0.4 is 0 Å². The van der Waals surface area contributed by atoms with Gasteiger partial charge in [0.15, 0.2) is 18.9 Å². The number of esters is 1. The summed E-state index contributed by atoms with van der Waals surface area (Å²) in [7, 11) is 0. The summed E-state index contributed by atoms with van der Waals surface area (Å²) >= 11 is 0. The van der Waals surface area contributed by atoms with E-state index in [2.05, 4.69) is 40.7 Å². The first-order valence-electron chi connectivity index (χ1n) is 27.4. The fourth-order valence-corrected chi connectivity index (χ4v) is 16.1. The van der Waals surface area contributed by atoms with Crippen LogP contribution in [-0.2, 0) is 47.5 Å². The number of carboxylic acid groups (broad SMARTS) is 1. The smallest absolute Gasteiger partial charge is 0.315 e. The van der Waals surface area contributed by atoms with E-state index in [1.54, 1.807) is 6.92 Å². The second-order valence-electron chi connectivity index (χ2n) is 25.6. The minimum absolute atomic E-state index is 0.0186. The Morgan fingerprint density at radius 1 is 0.610 bits per heavy atom. The summed E-state index contributed by atoms with van der Waals surface area (Å²) in [4.78, 5) is 28.7. The molecule has 0 amide bonds. The molecule has 0 spiro atoms. The summed E-state index contributed by atoms with van der Waals surface area (Å²) in [5, 5.41) is 149. The Morgan fingerprint density at radius 3 is 1.87 bits per heavy atom. The minimum Gasteiger partial charge on any atom is -0.481 e. The quantitative estimate of drug-likeness (QED) is 0.0554. The van der Waals surface area contributed by atoms with Gasteiger partial charge in [0.2, 0.25) is 6.29 Å². The first-order chi connectivity index (χ1) is 36.0. The molecule has 0 unspecified atom stereocenters. The monoisotopic (exact) mass is 1100 g/mol. The molecular formula is C53H84O24. The molecule has 4 saturated carbocycles. The topological polar surface area (TPSA) is 391 Å². The Kier molecular flexibility index (Phi) is 16.7. The van der Waals surface area contributed by atoms with Crippen molar-refractivity contribution in [1.82, 2.24) is 0 Å². The number of hydrogen-bond donors (Lipinski definition) is 14. The number of carbonyl (C=O) groups excluding carboxylic acids is 1. The fourth-order valence-electron chi connectivity index (χ4n) is 16.1. The predicted octanol–water partition coefficient (Wildman–Crippen LogP) is -2.33. The van der Waals surface area contributed by atoms with Crippen molar-refractivity contribution in [1.29, 1.82) is 0 Å². The molecule has 0 radical (unpaired) electrons. The van der Waals surface area contributed by atoms with Gasteiger partial charge in [-0.05, 0) is 111 Å². The number of rotatable bonds is 12. The third kappa shape index (κ3) is 9.65. The minimum atomic E-state index is -1.93. The van der Waals surface area contributed by atoms with Gasteiger partial charge in [0.1, 0.15) is 91.6 Å². The molecule has 24 heteroatoms. The number of aliphatic carboxylic acids is 1. The van der Waals surface area contributed by atoms with Crippen LogP contribution in [0.15, 0.2) is 11.6 Å². The van der Waals surface area contributed by atoms with Crippen molar-refractivity contribution in [3.63, 3.8) is 0 Å². The lowest BCUT2D eigenvalue weighted by atomic mass is 9.33. The van der Waals surface area contributed by atoms with E-state index in [0.29, 0.717) is 64.2 Å². The zero-order chi connectivity index (χ0) is 56.3. The third-order valence-electron chi connectivity index (χ3n) is 21.1. The summed E-state index contributed by atoms with van der Waals surface area (Å²) in [6.07, 6.45) is -25.3. The number of carboxylic acids is 1. The molecule has 14 N–H and O–H groups in total. The Morgan fingerprint density at radius 2 is 1.21 bits per heavy atom. The lowest BCUT2D eigenvalue weighted by Crippen LogP contribution is -2.67. The highest BCUT2D eigenvalue weighted by Crippen LogP contribution is 2.76. The van der Waals surface area contributed by atoms with E-state index in [1.807, 2.05) is 0 Å². The Hall–Kier alpha value is -2.12. The molecule has 0 aromatic carbocycles. The van der Waals surface area contributed by atoms with Gasteiger partial charge in [0, 0.05) is 0 Å². The highest BCUT2D eigenvalue weighted by molar-refractivity contribution is 5.79. The first-order valence-corrected chi connectivity index (χ1v) is 27.4. The normalized spacial score (nSPS) is 53.6. The number of fused-ring (bicyclic) bond motifs is 7. The molecule has 0 bridgehead atoms.